The molecule has 0 spiro atoms. The molecule has 0 bridgehead atoms. The standard InChI is InChI=1S/C14H15FN2O2S/c1-14(2,3)19-12(18)10-11(20-13(16)17-10)8-6-4-5-7-9(8)15/h4-7H,1-3H3,(H2,16,17). The maximum atomic E-state index is 13.9. The summed E-state index contributed by atoms with van der Waals surface area (Å²) in [7, 11) is 0. The molecule has 0 fully saturated rings. The van der Waals surface area contributed by atoms with Crippen LogP contribution in [0.2, 0.25) is 0 Å². The van der Waals surface area contributed by atoms with Gasteiger partial charge >= 0.3 is 5.97 Å². The van der Waals surface area contributed by atoms with Crippen molar-refractivity contribution in [1.29, 1.82) is 0 Å². The molecule has 20 heavy (non-hydrogen) atoms. The Hall–Kier alpha value is -1.95. The second-order valence-corrected chi connectivity index (χ2v) is 6.24. The lowest BCUT2D eigenvalue weighted by Gasteiger charge is -2.19. The van der Waals surface area contributed by atoms with Gasteiger partial charge in [-0.05, 0) is 26.8 Å². The number of rotatable bonds is 2. The lowest BCUT2D eigenvalue weighted by atomic mass is 10.1. The fourth-order valence-corrected chi connectivity index (χ4v) is 2.48. The molecule has 6 heteroatoms. The van der Waals surface area contributed by atoms with E-state index in [1.165, 1.54) is 6.07 Å². The maximum absolute atomic E-state index is 13.9. The molecular weight excluding hydrogens is 279 g/mol. The Balaban J connectivity index is 2.46. The second kappa shape index (κ2) is 5.20. The Kier molecular flexibility index (Phi) is 3.76. The van der Waals surface area contributed by atoms with E-state index >= 15 is 0 Å². The molecule has 0 unspecified atom stereocenters. The fourth-order valence-electron chi connectivity index (χ4n) is 1.63. The Morgan fingerprint density at radius 1 is 1.35 bits per heavy atom. The van der Waals surface area contributed by atoms with Crippen molar-refractivity contribution in [1.82, 2.24) is 4.98 Å². The minimum atomic E-state index is -0.651. The van der Waals surface area contributed by atoms with Gasteiger partial charge in [-0.25, -0.2) is 14.2 Å². The number of ether oxygens (including phenoxy) is 1. The summed E-state index contributed by atoms with van der Waals surface area (Å²) in [5.74, 6) is -1.04. The monoisotopic (exact) mass is 294 g/mol. The zero-order chi connectivity index (χ0) is 14.9. The average molecular weight is 294 g/mol. The fraction of sp³-hybridized carbons (Fsp3) is 0.286. The summed E-state index contributed by atoms with van der Waals surface area (Å²) in [4.78, 5) is 16.5. The lowest BCUT2D eigenvalue weighted by molar-refractivity contribution is 0.00647. The Bertz CT molecular complexity index is 647. The van der Waals surface area contributed by atoms with Crippen molar-refractivity contribution in [3.63, 3.8) is 0 Å². The van der Waals surface area contributed by atoms with Gasteiger partial charge in [-0.1, -0.05) is 29.5 Å². The first-order valence-electron chi connectivity index (χ1n) is 6.02. The number of halogens is 1. The smallest absolute Gasteiger partial charge is 0.359 e. The third kappa shape index (κ3) is 3.14. The molecule has 2 rings (SSSR count). The van der Waals surface area contributed by atoms with Crippen molar-refractivity contribution in [2.75, 3.05) is 5.73 Å². The largest absolute Gasteiger partial charge is 0.455 e. The number of benzene rings is 1. The number of nitrogen functional groups attached to an aromatic ring is 1. The van der Waals surface area contributed by atoms with Crippen LogP contribution < -0.4 is 5.73 Å². The molecule has 1 aromatic heterocycles. The van der Waals surface area contributed by atoms with Crippen molar-refractivity contribution in [2.45, 2.75) is 26.4 Å². The Morgan fingerprint density at radius 2 is 2.00 bits per heavy atom. The van der Waals surface area contributed by atoms with E-state index in [0.717, 1.165) is 11.3 Å². The molecule has 4 nitrogen and oxygen atoms in total. The van der Waals surface area contributed by atoms with E-state index in [0.29, 0.717) is 10.4 Å². The van der Waals surface area contributed by atoms with Crippen LogP contribution in [0.3, 0.4) is 0 Å². The summed E-state index contributed by atoms with van der Waals surface area (Å²) in [5.41, 5.74) is 5.34. The minimum Gasteiger partial charge on any atom is -0.455 e. The molecule has 0 amide bonds. The van der Waals surface area contributed by atoms with E-state index < -0.39 is 17.4 Å². The average Bonchev–Trinajstić information content (AvgIpc) is 2.69. The molecule has 0 saturated heterocycles. The number of carbonyl (C=O) groups excluding carboxylic acids is 1. The maximum Gasteiger partial charge on any atom is 0.359 e. The van der Waals surface area contributed by atoms with Crippen molar-refractivity contribution in [2.24, 2.45) is 0 Å². The van der Waals surface area contributed by atoms with Gasteiger partial charge in [0.15, 0.2) is 10.8 Å². The zero-order valence-corrected chi connectivity index (χ0v) is 12.3. The molecule has 1 aromatic carbocycles. The number of hydrogen-bond acceptors (Lipinski definition) is 5. The highest BCUT2D eigenvalue weighted by Gasteiger charge is 2.25. The highest BCUT2D eigenvalue weighted by Crippen LogP contribution is 2.34. The van der Waals surface area contributed by atoms with Gasteiger partial charge in [0.1, 0.15) is 11.4 Å². The molecule has 0 aliphatic heterocycles. The number of hydrogen-bond donors (Lipinski definition) is 1. The Labute approximate surface area is 120 Å². The van der Waals surface area contributed by atoms with Crippen molar-refractivity contribution < 1.29 is 13.9 Å². The first kappa shape index (κ1) is 14.5. The predicted molar refractivity (Wildman–Crippen MR) is 77.1 cm³/mol. The van der Waals surface area contributed by atoms with E-state index in [9.17, 15) is 9.18 Å². The van der Waals surface area contributed by atoms with Crippen molar-refractivity contribution in [3.05, 3.63) is 35.8 Å². The molecular formula is C14H15FN2O2S. The third-order valence-corrected chi connectivity index (χ3v) is 3.27. The van der Waals surface area contributed by atoms with Gasteiger partial charge in [0.05, 0.1) is 4.88 Å². The van der Waals surface area contributed by atoms with Crippen molar-refractivity contribution in [3.8, 4) is 10.4 Å². The summed E-state index contributed by atoms with van der Waals surface area (Å²) in [6.07, 6.45) is 0. The van der Waals surface area contributed by atoms with Crippen LogP contribution in [0.15, 0.2) is 24.3 Å². The quantitative estimate of drug-likeness (QED) is 0.861. The third-order valence-electron chi connectivity index (χ3n) is 2.35. The molecule has 1 heterocycles. The van der Waals surface area contributed by atoms with Gasteiger partial charge in [0, 0.05) is 5.56 Å². The first-order valence-corrected chi connectivity index (χ1v) is 6.84. The van der Waals surface area contributed by atoms with Crippen LogP contribution in [-0.4, -0.2) is 16.6 Å². The Morgan fingerprint density at radius 3 is 2.60 bits per heavy atom. The van der Waals surface area contributed by atoms with Crippen LogP contribution >= 0.6 is 11.3 Å². The lowest BCUT2D eigenvalue weighted by Crippen LogP contribution is -2.24. The van der Waals surface area contributed by atoms with E-state index in [1.807, 2.05) is 0 Å². The topological polar surface area (TPSA) is 65.2 Å². The molecule has 2 aromatic rings. The molecule has 0 saturated carbocycles. The van der Waals surface area contributed by atoms with Gasteiger partial charge < -0.3 is 10.5 Å². The number of thiazole rings is 1. The SMILES string of the molecule is CC(C)(C)OC(=O)c1nc(N)sc1-c1ccccc1F. The summed E-state index contributed by atoms with van der Waals surface area (Å²) >= 11 is 1.06. The molecule has 2 N–H and O–H groups in total. The minimum absolute atomic E-state index is 0.0486. The summed E-state index contributed by atoms with van der Waals surface area (Å²) in [6, 6.07) is 6.17. The predicted octanol–water partition coefficient (Wildman–Crippen LogP) is 3.49. The van der Waals surface area contributed by atoms with Crippen LogP contribution in [0.5, 0.6) is 0 Å². The van der Waals surface area contributed by atoms with Crippen LogP contribution in [0.1, 0.15) is 31.3 Å². The number of esters is 1. The van der Waals surface area contributed by atoms with Crippen LogP contribution in [0.25, 0.3) is 10.4 Å². The van der Waals surface area contributed by atoms with Crippen LogP contribution in [0.4, 0.5) is 9.52 Å². The van der Waals surface area contributed by atoms with E-state index in [1.54, 1.807) is 39.0 Å². The molecule has 0 aliphatic rings. The number of aromatic nitrogens is 1. The first-order chi connectivity index (χ1) is 9.28. The molecule has 0 atom stereocenters. The van der Waals surface area contributed by atoms with E-state index in [-0.39, 0.29) is 10.8 Å². The number of carbonyl (C=O) groups is 1. The van der Waals surface area contributed by atoms with E-state index in [4.69, 9.17) is 10.5 Å². The molecule has 0 radical (unpaired) electrons. The van der Waals surface area contributed by atoms with Gasteiger partial charge in [-0.2, -0.15) is 0 Å². The number of anilines is 1. The van der Waals surface area contributed by atoms with Gasteiger partial charge in [0.25, 0.3) is 0 Å². The summed E-state index contributed by atoms with van der Waals surface area (Å²) in [6.45, 7) is 5.26. The van der Waals surface area contributed by atoms with Crippen LogP contribution in [0, 0.1) is 5.82 Å². The highest BCUT2D eigenvalue weighted by molar-refractivity contribution is 7.19. The van der Waals surface area contributed by atoms with Crippen LogP contribution in [-0.2, 0) is 4.74 Å². The van der Waals surface area contributed by atoms with Gasteiger partial charge in [-0.3, -0.25) is 0 Å². The van der Waals surface area contributed by atoms with E-state index in [2.05, 4.69) is 4.98 Å². The molecule has 0 aliphatic carbocycles. The second-order valence-electron chi connectivity index (χ2n) is 5.21. The van der Waals surface area contributed by atoms with Crippen molar-refractivity contribution >= 4 is 22.4 Å². The van der Waals surface area contributed by atoms with Gasteiger partial charge in [-0.15, -0.1) is 0 Å². The van der Waals surface area contributed by atoms with Gasteiger partial charge in [0.2, 0.25) is 0 Å². The molecule has 106 valence electrons. The summed E-state index contributed by atoms with van der Waals surface area (Å²) in [5, 5.41) is 0.198. The normalized spacial score (nSPS) is 11.4. The summed E-state index contributed by atoms with van der Waals surface area (Å²) < 4.78 is 19.1. The zero-order valence-electron chi connectivity index (χ0n) is 11.4. The number of nitrogens with zero attached hydrogens (tertiary/aromatic N) is 1. The highest BCUT2D eigenvalue weighted by atomic mass is 32.1. The number of nitrogens with two attached hydrogens (primary N) is 1.